The molecule has 1 aromatic carbocycles. The van der Waals surface area contributed by atoms with Gasteiger partial charge in [-0.25, -0.2) is 0 Å². The molecule has 0 unspecified atom stereocenters. The molecule has 1 aromatic rings. The second-order valence-electron chi connectivity index (χ2n) is 6.24. The summed E-state index contributed by atoms with van der Waals surface area (Å²) in [7, 11) is 0. The molecule has 3 heteroatoms. The molecular formula is C18H26ClNO. The smallest absolute Gasteiger partial charge is 0.138 e. The van der Waals surface area contributed by atoms with Crippen LogP contribution < -0.4 is 4.74 Å². The van der Waals surface area contributed by atoms with Crippen molar-refractivity contribution >= 4 is 11.6 Å². The topological polar surface area (TPSA) is 33.0 Å². The first-order valence-corrected chi connectivity index (χ1v) is 7.75. The lowest BCUT2D eigenvalue weighted by atomic mass is 9.75. The minimum atomic E-state index is 0. The monoisotopic (exact) mass is 307 g/mol. The van der Waals surface area contributed by atoms with Gasteiger partial charge < -0.3 is 4.74 Å². The zero-order chi connectivity index (χ0) is 14.7. The fourth-order valence-electron chi connectivity index (χ4n) is 3.08. The first-order chi connectivity index (χ1) is 9.51. The highest BCUT2D eigenvalue weighted by Crippen LogP contribution is 2.37. The van der Waals surface area contributed by atoms with Crippen molar-refractivity contribution in [2.24, 2.45) is 17.8 Å². The maximum atomic E-state index is 8.87. The van der Waals surface area contributed by atoms with E-state index in [9.17, 15) is 0 Å². The summed E-state index contributed by atoms with van der Waals surface area (Å²) in [5, 5.41) is 9.41. The van der Waals surface area contributed by atoms with Crippen LogP contribution in [0.4, 0.5) is 0 Å². The molecule has 21 heavy (non-hydrogen) atoms. The van der Waals surface area contributed by atoms with E-state index >= 15 is 0 Å². The van der Waals surface area contributed by atoms with E-state index in [1.54, 1.807) is 12.1 Å². The molecule has 0 bridgehead atoms. The number of halogens is 1. The normalized spacial score (nSPS) is 25.0. The van der Waals surface area contributed by atoms with E-state index in [0.29, 0.717) is 34.1 Å². The lowest BCUT2D eigenvalue weighted by Gasteiger charge is -2.37. The third kappa shape index (κ3) is 4.38. The summed E-state index contributed by atoms with van der Waals surface area (Å²) < 4.78 is 6.19. The van der Waals surface area contributed by atoms with Crippen LogP contribution in [0, 0.1) is 29.1 Å². The van der Waals surface area contributed by atoms with Crippen LogP contribution in [0.25, 0.3) is 0 Å². The SMILES string of the molecule is C.CC(C)[C@H]1CC[C@H](C)C[C@@H]1Oc1ccc(C#N)cc1Cl. The summed E-state index contributed by atoms with van der Waals surface area (Å²) in [6.45, 7) is 6.81. The second kappa shape index (κ2) is 7.71. The zero-order valence-corrected chi connectivity index (χ0v) is 13.2. The molecule has 0 radical (unpaired) electrons. The number of hydrogen-bond donors (Lipinski definition) is 0. The van der Waals surface area contributed by atoms with Crippen molar-refractivity contribution in [3.05, 3.63) is 28.8 Å². The molecule has 1 aliphatic rings. The summed E-state index contributed by atoms with van der Waals surface area (Å²) in [4.78, 5) is 0. The van der Waals surface area contributed by atoms with E-state index in [2.05, 4.69) is 26.8 Å². The lowest BCUT2D eigenvalue weighted by Crippen LogP contribution is -2.36. The predicted octanol–water partition coefficient (Wildman–Crippen LogP) is 5.69. The molecule has 0 spiro atoms. The Hall–Kier alpha value is -1.20. The molecule has 2 rings (SSSR count). The quantitative estimate of drug-likeness (QED) is 0.719. The molecule has 2 nitrogen and oxygen atoms in total. The van der Waals surface area contributed by atoms with E-state index in [1.807, 2.05) is 6.07 Å². The third-order valence-electron chi connectivity index (χ3n) is 4.30. The Morgan fingerprint density at radius 2 is 2.05 bits per heavy atom. The molecule has 116 valence electrons. The van der Waals surface area contributed by atoms with Gasteiger partial charge in [0, 0.05) is 0 Å². The standard InChI is InChI=1S/C17H22ClNO.CH4/c1-11(2)14-6-4-12(3)8-17(14)20-16-7-5-13(10-19)9-15(16)18;/h5,7,9,11-12,14,17H,4,6,8H2,1-3H3;1H4/t12-,14+,17-;/m0./s1. The van der Waals surface area contributed by atoms with E-state index in [-0.39, 0.29) is 13.5 Å². The van der Waals surface area contributed by atoms with Crippen LogP contribution in [-0.4, -0.2) is 6.10 Å². The maximum Gasteiger partial charge on any atom is 0.138 e. The summed E-state index contributed by atoms with van der Waals surface area (Å²) in [5.74, 6) is 2.60. The van der Waals surface area contributed by atoms with E-state index in [4.69, 9.17) is 21.6 Å². The van der Waals surface area contributed by atoms with Crippen molar-refractivity contribution in [2.75, 3.05) is 0 Å². The minimum absolute atomic E-state index is 0. The minimum Gasteiger partial charge on any atom is -0.489 e. The van der Waals surface area contributed by atoms with Crippen molar-refractivity contribution < 1.29 is 4.74 Å². The van der Waals surface area contributed by atoms with Crippen LogP contribution in [0.3, 0.4) is 0 Å². The number of nitrogens with zero attached hydrogens (tertiary/aromatic N) is 1. The molecular weight excluding hydrogens is 282 g/mol. The van der Waals surface area contributed by atoms with Gasteiger partial charge in [0.15, 0.2) is 0 Å². The van der Waals surface area contributed by atoms with E-state index < -0.39 is 0 Å². The van der Waals surface area contributed by atoms with Gasteiger partial charge in [-0.3, -0.25) is 0 Å². The van der Waals surface area contributed by atoms with Gasteiger partial charge in [-0.05, 0) is 48.8 Å². The highest BCUT2D eigenvalue weighted by molar-refractivity contribution is 6.32. The Kier molecular flexibility index (Phi) is 6.55. The molecule has 1 saturated carbocycles. The number of rotatable bonds is 3. The summed E-state index contributed by atoms with van der Waals surface area (Å²) in [6, 6.07) is 7.35. The molecule has 1 aliphatic carbocycles. The largest absolute Gasteiger partial charge is 0.489 e. The van der Waals surface area contributed by atoms with Gasteiger partial charge in [-0.1, -0.05) is 46.2 Å². The molecule has 1 fully saturated rings. The molecule has 0 aliphatic heterocycles. The van der Waals surface area contributed by atoms with Gasteiger partial charge in [0.2, 0.25) is 0 Å². The van der Waals surface area contributed by atoms with Crippen LogP contribution in [0.5, 0.6) is 5.75 Å². The number of ether oxygens (including phenoxy) is 1. The molecule has 0 amide bonds. The van der Waals surface area contributed by atoms with E-state index in [1.165, 1.54) is 12.8 Å². The number of benzene rings is 1. The van der Waals surface area contributed by atoms with Crippen LogP contribution >= 0.6 is 11.6 Å². The van der Waals surface area contributed by atoms with Crippen LogP contribution in [0.2, 0.25) is 5.02 Å². The fraction of sp³-hybridized carbons (Fsp3) is 0.611. The van der Waals surface area contributed by atoms with Gasteiger partial charge >= 0.3 is 0 Å². The predicted molar refractivity (Wildman–Crippen MR) is 88.7 cm³/mol. The van der Waals surface area contributed by atoms with Gasteiger partial charge in [0.1, 0.15) is 11.9 Å². The summed E-state index contributed by atoms with van der Waals surface area (Å²) in [6.07, 6.45) is 3.81. The van der Waals surface area contributed by atoms with Crippen molar-refractivity contribution in [2.45, 2.75) is 53.6 Å². The van der Waals surface area contributed by atoms with Gasteiger partial charge in [0.05, 0.1) is 16.7 Å². The highest BCUT2D eigenvalue weighted by atomic mass is 35.5. The van der Waals surface area contributed by atoms with Crippen LogP contribution in [0.15, 0.2) is 18.2 Å². The van der Waals surface area contributed by atoms with Gasteiger partial charge in [-0.15, -0.1) is 0 Å². The summed E-state index contributed by atoms with van der Waals surface area (Å²) >= 11 is 6.21. The average Bonchev–Trinajstić information content (AvgIpc) is 2.40. The number of hydrogen-bond acceptors (Lipinski definition) is 2. The van der Waals surface area contributed by atoms with Crippen molar-refractivity contribution in [3.8, 4) is 11.8 Å². The maximum absolute atomic E-state index is 8.87. The van der Waals surface area contributed by atoms with Crippen molar-refractivity contribution in [3.63, 3.8) is 0 Å². The Morgan fingerprint density at radius 3 is 2.62 bits per heavy atom. The Labute approximate surface area is 134 Å². The second-order valence-corrected chi connectivity index (χ2v) is 6.65. The van der Waals surface area contributed by atoms with Gasteiger partial charge in [0.25, 0.3) is 0 Å². The fourth-order valence-corrected chi connectivity index (χ4v) is 3.30. The molecule has 3 atom stereocenters. The molecule has 0 saturated heterocycles. The number of nitriles is 1. The molecule has 0 aromatic heterocycles. The lowest BCUT2D eigenvalue weighted by molar-refractivity contribution is 0.0461. The molecule has 0 heterocycles. The third-order valence-corrected chi connectivity index (χ3v) is 4.60. The highest BCUT2D eigenvalue weighted by Gasteiger charge is 2.32. The summed E-state index contributed by atoms with van der Waals surface area (Å²) in [5.41, 5.74) is 0.569. The first-order valence-electron chi connectivity index (χ1n) is 7.37. The average molecular weight is 308 g/mol. The Balaban J connectivity index is 0.00000220. The zero-order valence-electron chi connectivity index (χ0n) is 12.4. The first kappa shape index (κ1) is 17.9. The van der Waals surface area contributed by atoms with E-state index in [0.717, 1.165) is 6.42 Å². The Bertz CT molecular complexity index is 506. The van der Waals surface area contributed by atoms with Crippen LogP contribution in [-0.2, 0) is 0 Å². The Morgan fingerprint density at radius 1 is 1.33 bits per heavy atom. The van der Waals surface area contributed by atoms with Gasteiger partial charge in [-0.2, -0.15) is 5.26 Å². The van der Waals surface area contributed by atoms with Crippen molar-refractivity contribution in [1.82, 2.24) is 0 Å². The van der Waals surface area contributed by atoms with Crippen LogP contribution in [0.1, 0.15) is 53.0 Å². The molecule has 0 N–H and O–H groups in total. The van der Waals surface area contributed by atoms with Crippen molar-refractivity contribution in [1.29, 1.82) is 5.26 Å².